The third-order valence-corrected chi connectivity index (χ3v) is 3.12. The van der Waals surface area contributed by atoms with Crippen molar-refractivity contribution in [2.75, 3.05) is 6.61 Å². The van der Waals surface area contributed by atoms with E-state index in [-0.39, 0.29) is 17.8 Å². The lowest BCUT2D eigenvalue weighted by atomic mass is 9.93. The van der Waals surface area contributed by atoms with Gasteiger partial charge in [-0.25, -0.2) is 0 Å². The fourth-order valence-electron chi connectivity index (χ4n) is 2.44. The molecule has 1 heterocycles. The van der Waals surface area contributed by atoms with E-state index in [1.54, 1.807) is 0 Å². The molecule has 3 heteroatoms. The minimum atomic E-state index is -0.118. The van der Waals surface area contributed by atoms with Crippen molar-refractivity contribution in [2.45, 2.75) is 70.7 Å². The molecule has 0 amide bonds. The van der Waals surface area contributed by atoms with Crippen LogP contribution >= 0.6 is 0 Å². The molecule has 1 aliphatic heterocycles. The van der Waals surface area contributed by atoms with Gasteiger partial charge in [0.15, 0.2) is 0 Å². The average Bonchev–Trinajstić information content (AvgIpc) is 2.19. The van der Waals surface area contributed by atoms with Gasteiger partial charge in [-0.15, -0.1) is 0 Å². The molecule has 0 aromatic rings. The first-order valence-electron chi connectivity index (χ1n) is 5.84. The van der Waals surface area contributed by atoms with Gasteiger partial charge in [0, 0.05) is 18.7 Å². The summed E-state index contributed by atoms with van der Waals surface area (Å²) < 4.78 is 6.00. The summed E-state index contributed by atoms with van der Waals surface area (Å²) in [5.41, 5.74) is -0.159. The fraction of sp³-hybridized carbons (Fsp3) is 1.00. The summed E-state index contributed by atoms with van der Waals surface area (Å²) in [6, 6.07) is 0.714. The number of rotatable bonds is 4. The second kappa shape index (κ2) is 4.40. The smallest absolute Gasteiger partial charge is 0.0787 e. The van der Waals surface area contributed by atoms with Gasteiger partial charge < -0.3 is 15.2 Å². The zero-order valence-electron chi connectivity index (χ0n) is 10.6. The Hall–Kier alpha value is -0.120. The van der Waals surface area contributed by atoms with E-state index in [2.05, 4.69) is 39.9 Å². The molecule has 0 radical (unpaired) electrons. The molecule has 0 bridgehead atoms. The highest BCUT2D eigenvalue weighted by atomic mass is 16.5. The highest BCUT2D eigenvalue weighted by molar-refractivity contribution is 4.99. The van der Waals surface area contributed by atoms with E-state index >= 15 is 0 Å². The maximum absolute atomic E-state index is 8.87. The van der Waals surface area contributed by atoms with Gasteiger partial charge >= 0.3 is 0 Å². The largest absolute Gasteiger partial charge is 0.396 e. The second-order valence-electron chi connectivity index (χ2n) is 5.80. The molecule has 15 heavy (non-hydrogen) atoms. The number of aliphatic hydroxyl groups is 1. The predicted molar refractivity (Wildman–Crippen MR) is 61.9 cm³/mol. The van der Waals surface area contributed by atoms with Crippen molar-refractivity contribution in [3.05, 3.63) is 0 Å². The minimum absolute atomic E-state index is 0.0416. The molecular weight excluding hydrogens is 190 g/mol. The van der Waals surface area contributed by atoms with Crippen molar-refractivity contribution < 1.29 is 9.84 Å². The topological polar surface area (TPSA) is 41.5 Å². The van der Waals surface area contributed by atoms with Gasteiger partial charge in [0.1, 0.15) is 0 Å². The second-order valence-corrected chi connectivity index (χ2v) is 5.80. The average molecular weight is 215 g/mol. The first-order valence-corrected chi connectivity index (χ1v) is 5.84. The van der Waals surface area contributed by atoms with Crippen LogP contribution in [0.25, 0.3) is 0 Å². The first-order chi connectivity index (χ1) is 6.77. The van der Waals surface area contributed by atoms with Gasteiger partial charge in [0.05, 0.1) is 11.2 Å². The molecule has 0 aromatic heterocycles. The molecule has 0 aliphatic carbocycles. The Kier molecular flexibility index (Phi) is 3.80. The van der Waals surface area contributed by atoms with Crippen LogP contribution in [0.2, 0.25) is 0 Å². The van der Waals surface area contributed by atoms with Crippen molar-refractivity contribution in [3.63, 3.8) is 0 Å². The Bertz CT molecular complexity index is 214. The molecule has 2 N–H and O–H groups in total. The molecule has 1 rings (SSSR count). The van der Waals surface area contributed by atoms with E-state index in [4.69, 9.17) is 9.84 Å². The van der Waals surface area contributed by atoms with Crippen molar-refractivity contribution in [1.29, 1.82) is 0 Å². The van der Waals surface area contributed by atoms with Gasteiger partial charge in [-0.2, -0.15) is 0 Å². The Morgan fingerprint density at radius 2 is 2.00 bits per heavy atom. The third-order valence-electron chi connectivity index (χ3n) is 3.12. The van der Waals surface area contributed by atoms with Crippen LogP contribution in [0.1, 0.15) is 47.5 Å². The van der Waals surface area contributed by atoms with E-state index in [9.17, 15) is 0 Å². The summed E-state index contributed by atoms with van der Waals surface area (Å²) >= 11 is 0. The van der Waals surface area contributed by atoms with Crippen LogP contribution in [0, 0.1) is 0 Å². The normalized spacial score (nSPS) is 30.4. The zero-order valence-corrected chi connectivity index (χ0v) is 10.6. The standard InChI is InChI=1S/C12H25NO2/c1-9(6-7-14)13-10-8-11(2,3)15-12(10,4)5/h9-10,13-14H,6-8H2,1-5H3/t9-,10?/m1/s1. The molecule has 90 valence electrons. The molecule has 0 aromatic carbocycles. The highest BCUT2D eigenvalue weighted by Crippen LogP contribution is 2.37. The molecule has 3 nitrogen and oxygen atoms in total. The number of ether oxygens (including phenoxy) is 1. The number of hydrogen-bond acceptors (Lipinski definition) is 3. The molecule has 1 fully saturated rings. The van der Waals surface area contributed by atoms with Gasteiger partial charge in [0.2, 0.25) is 0 Å². The lowest BCUT2D eigenvalue weighted by Crippen LogP contribution is -2.47. The van der Waals surface area contributed by atoms with Gasteiger partial charge in [0.25, 0.3) is 0 Å². The van der Waals surface area contributed by atoms with E-state index < -0.39 is 0 Å². The van der Waals surface area contributed by atoms with Gasteiger partial charge in [-0.1, -0.05) is 0 Å². The summed E-state index contributed by atoms with van der Waals surface area (Å²) in [6.07, 6.45) is 1.82. The number of hydrogen-bond donors (Lipinski definition) is 2. The van der Waals surface area contributed by atoms with Crippen LogP contribution in [-0.4, -0.2) is 35.0 Å². The summed E-state index contributed by atoms with van der Waals surface area (Å²) in [5.74, 6) is 0. The summed E-state index contributed by atoms with van der Waals surface area (Å²) in [7, 11) is 0. The van der Waals surface area contributed by atoms with E-state index in [0.717, 1.165) is 12.8 Å². The van der Waals surface area contributed by atoms with Crippen LogP contribution in [0.15, 0.2) is 0 Å². The number of aliphatic hydroxyl groups excluding tert-OH is 1. The summed E-state index contributed by atoms with van der Waals surface area (Å²) in [6.45, 7) is 10.9. The van der Waals surface area contributed by atoms with Crippen LogP contribution in [-0.2, 0) is 4.74 Å². The quantitative estimate of drug-likeness (QED) is 0.750. The lowest BCUT2D eigenvalue weighted by Gasteiger charge is -2.29. The fourth-order valence-corrected chi connectivity index (χ4v) is 2.44. The summed E-state index contributed by atoms with van der Waals surface area (Å²) in [4.78, 5) is 0. The Labute approximate surface area is 93.2 Å². The predicted octanol–water partition coefficient (Wildman–Crippen LogP) is 1.69. The van der Waals surface area contributed by atoms with E-state index in [1.165, 1.54) is 0 Å². The van der Waals surface area contributed by atoms with Crippen LogP contribution in [0.5, 0.6) is 0 Å². The van der Waals surface area contributed by atoms with Crippen molar-refractivity contribution in [1.82, 2.24) is 5.32 Å². The maximum Gasteiger partial charge on any atom is 0.0787 e. The van der Waals surface area contributed by atoms with Crippen LogP contribution in [0.4, 0.5) is 0 Å². The molecule has 1 saturated heterocycles. The summed E-state index contributed by atoms with van der Waals surface area (Å²) in [5, 5.41) is 12.4. The Morgan fingerprint density at radius 3 is 2.40 bits per heavy atom. The Morgan fingerprint density at radius 1 is 1.40 bits per heavy atom. The van der Waals surface area contributed by atoms with Crippen LogP contribution < -0.4 is 5.32 Å². The van der Waals surface area contributed by atoms with Gasteiger partial charge in [-0.05, 0) is 47.5 Å². The molecule has 1 unspecified atom stereocenters. The lowest BCUT2D eigenvalue weighted by molar-refractivity contribution is -0.0704. The van der Waals surface area contributed by atoms with Crippen LogP contribution in [0.3, 0.4) is 0 Å². The molecule has 1 aliphatic rings. The van der Waals surface area contributed by atoms with E-state index in [0.29, 0.717) is 12.1 Å². The first kappa shape index (κ1) is 12.9. The molecule has 0 spiro atoms. The van der Waals surface area contributed by atoms with Crippen molar-refractivity contribution >= 4 is 0 Å². The molecule has 2 atom stereocenters. The monoisotopic (exact) mass is 215 g/mol. The SMILES string of the molecule is C[C@H](CCO)NC1CC(C)(C)OC1(C)C. The Balaban J connectivity index is 2.55. The van der Waals surface area contributed by atoms with Crippen molar-refractivity contribution in [3.8, 4) is 0 Å². The maximum atomic E-state index is 8.87. The molecule has 0 saturated carbocycles. The van der Waals surface area contributed by atoms with Crippen molar-refractivity contribution in [2.24, 2.45) is 0 Å². The van der Waals surface area contributed by atoms with Gasteiger partial charge in [-0.3, -0.25) is 0 Å². The number of nitrogens with one attached hydrogen (secondary N) is 1. The third kappa shape index (κ3) is 3.44. The minimum Gasteiger partial charge on any atom is -0.396 e. The van der Waals surface area contributed by atoms with E-state index in [1.807, 2.05) is 0 Å². The zero-order chi connectivity index (χ0) is 11.7. The molecular formula is C12H25NO2. The highest BCUT2D eigenvalue weighted by Gasteiger charge is 2.45.